The van der Waals surface area contributed by atoms with Gasteiger partial charge in [0, 0.05) is 0 Å². The van der Waals surface area contributed by atoms with Crippen LogP contribution >= 0.6 is 0 Å². The van der Waals surface area contributed by atoms with Gasteiger partial charge in [-0.3, -0.25) is 5.41 Å². The maximum absolute atomic E-state index is 7.23. The highest BCUT2D eigenvalue weighted by Crippen LogP contribution is 2.23. The largest absolute Gasteiger partial charge is 0.476 e. The van der Waals surface area contributed by atoms with Crippen molar-refractivity contribution in [1.29, 1.82) is 5.41 Å². The van der Waals surface area contributed by atoms with Crippen molar-refractivity contribution in [1.82, 2.24) is 9.97 Å². The quantitative estimate of drug-likeness (QED) is 0.485. The normalized spacial score (nSPS) is 17.1. The SMILES string of the molecule is N=C(N)c1cnc(OCC2CCCCCC2)cn1. The number of rotatable bonds is 4. The molecule has 2 rings (SSSR count). The second-order valence-corrected chi connectivity index (χ2v) is 4.82. The number of amidine groups is 1. The zero-order chi connectivity index (χ0) is 12.8. The van der Waals surface area contributed by atoms with Gasteiger partial charge in [-0.25, -0.2) is 9.97 Å². The Balaban J connectivity index is 1.83. The Morgan fingerprint density at radius 3 is 2.50 bits per heavy atom. The lowest BCUT2D eigenvalue weighted by molar-refractivity contribution is 0.225. The Labute approximate surface area is 107 Å². The van der Waals surface area contributed by atoms with Gasteiger partial charge < -0.3 is 10.5 Å². The third kappa shape index (κ3) is 3.68. The molecule has 1 aromatic heterocycles. The summed E-state index contributed by atoms with van der Waals surface area (Å²) in [6.07, 6.45) is 10.8. The molecule has 3 N–H and O–H groups in total. The Bertz CT molecular complexity index is 382. The van der Waals surface area contributed by atoms with Crippen molar-refractivity contribution in [2.75, 3.05) is 6.61 Å². The van der Waals surface area contributed by atoms with Crippen molar-refractivity contribution >= 4 is 5.84 Å². The van der Waals surface area contributed by atoms with Crippen LogP contribution in [0, 0.1) is 11.3 Å². The summed E-state index contributed by atoms with van der Waals surface area (Å²) < 4.78 is 5.65. The molecule has 0 radical (unpaired) electrons. The first-order valence-corrected chi connectivity index (χ1v) is 6.55. The fraction of sp³-hybridized carbons (Fsp3) is 0.615. The van der Waals surface area contributed by atoms with Gasteiger partial charge in [0.15, 0.2) is 0 Å². The molecule has 0 spiro atoms. The molecular weight excluding hydrogens is 228 g/mol. The van der Waals surface area contributed by atoms with E-state index in [1.165, 1.54) is 50.9 Å². The van der Waals surface area contributed by atoms with Crippen LogP contribution in [0.1, 0.15) is 44.2 Å². The number of ether oxygens (including phenoxy) is 1. The van der Waals surface area contributed by atoms with Crippen molar-refractivity contribution in [3.8, 4) is 5.88 Å². The summed E-state index contributed by atoms with van der Waals surface area (Å²) in [6, 6.07) is 0. The molecule has 0 unspecified atom stereocenters. The van der Waals surface area contributed by atoms with E-state index in [0.717, 1.165) is 0 Å². The highest BCUT2D eigenvalue weighted by Gasteiger charge is 2.13. The van der Waals surface area contributed by atoms with Gasteiger partial charge in [0.05, 0.1) is 19.0 Å². The van der Waals surface area contributed by atoms with Crippen LogP contribution in [-0.4, -0.2) is 22.4 Å². The van der Waals surface area contributed by atoms with Gasteiger partial charge >= 0.3 is 0 Å². The fourth-order valence-corrected chi connectivity index (χ4v) is 2.26. The number of nitrogen functional groups attached to an aromatic ring is 1. The van der Waals surface area contributed by atoms with E-state index < -0.39 is 0 Å². The van der Waals surface area contributed by atoms with E-state index in [1.54, 1.807) is 0 Å². The molecule has 1 aromatic rings. The van der Waals surface area contributed by atoms with Crippen LogP contribution in [0.25, 0.3) is 0 Å². The first kappa shape index (κ1) is 12.8. The van der Waals surface area contributed by atoms with Crippen molar-refractivity contribution < 1.29 is 4.74 Å². The lowest BCUT2D eigenvalue weighted by Gasteiger charge is -2.14. The summed E-state index contributed by atoms with van der Waals surface area (Å²) in [5.74, 6) is 1.09. The Hall–Kier alpha value is -1.65. The molecule has 1 heterocycles. The van der Waals surface area contributed by atoms with Crippen LogP contribution in [0.5, 0.6) is 5.88 Å². The summed E-state index contributed by atoms with van der Waals surface area (Å²) in [5, 5.41) is 7.23. The van der Waals surface area contributed by atoms with Crippen molar-refractivity contribution in [2.45, 2.75) is 38.5 Å². The first-order valence-electron chi connectivity index (χ1n) is 6.55. The van der Waals surface area contributed by atoms with Crippen LogP contribution in [0.15, 0.2) is 12.4 Å². The molecule has 0 saturated heterocycles. The van der Waals surface area contributed by atoms with Crippen LogP contribution in [-0.2, 0) is 0 Å². The molecule has 5 heteroatoms. The van der Waals surface area contributed by atoms with Gasteiger partial charge in [-0.2, -0.15) is 0 Å². The maximum Gasteiger partial charge on any atom is 0.232 e. The van der Waals surface area contributed by atoms with Crippen molar-refractivity contribution in [3.63, 3.8) is 0 Å². The predicted molar refractivity (Wildman–Crippen MR) is 69.7 cm³/mol. The zero-order valence-corrected chi connectivity index (χ0v) is 10.6. The van der Waals surface area contributed by atoms with Gasteiger partial charge in [-0.05, 0) is 18.8 Å². The van der Waals surface area contributed by atoms with Crippen LogP contribution in [0.2, 0.25) is 0 Å². The van der Waals surface area contributed by atoms with E-state index in [-0.39, 0.29) is 5.84 Å². The van der Waals surface area contributed by atoms with Gasteiger partial charge in [0.1, 0.15) is 11.5 Å². The summed E-state index contributed by atoms with van der Waals surface area (Å²) in [7, 11) is 0. The third-order valence-electron chi connectivity index (χ3n) is 3.35. The number of nitrogens with one attached hydrogen (secondary N) is 1. The Kier molecular flexibility index (Phi) is 4.50. The molecule has 1 aliphatic rings. The Morgan fingerprint density at radius 1 is 1.22 bits per heavy atom. The first-order chi connectivity index (χ1) is 8.75. The van der Waals surface area contributed by atoms with E-state index in [0.29, 0.717) is 24.1 Å². The van der Waals surface area contributed by atoms with Gasteiger partial charge in [0.2, 0.25) is 5.88 Å². The minimum absolute atomic E-state index is 0.0715. The molecule has 0 aliphatic heterocycles. The molecule has 0 aromatic carbocycles. The summed E-state index contributed by atoms with van der Waals surface area (Å²) in [5.41, 5.74) is 5.70. The summed E-state index contributed by atoms with van der Waals surface area (Å²) >= 11 is 0. The molecule has 0 bridgehead atoms. The number of aromatic nitrogens is 2. The molecule has 0 atom stereocenters. The molecule has 1 saturated carbocycles. The molecule has 1 aliphatic carbocycles. The number of nitrogens with zero attached hydrogens (tertiary/aromatic N) is 2. The molecule has 98 valence electrons. The van der Waals surface area contributed by atoms with Gasteiger partial charge in [-0.15, -0.1) is 0 Å². The van der Waals surface area contributed by atoms with E-state index in [1.807, 2.05) is 0 Å². The number of hydrogen-bond donors (Lipinski definition) is 2. The van der Waals surface area contributed by atoms with E-state index in [4.69, 9.17) is 15.9 Å². The number of nitrogens with two attached hydrogens (primary N) is 1. The monoisotopic (exact) mass is 248 g/mol. The van der Waals surface area contributed by atoms with E-state index >= 15 is 0 Å². The van der Waals surface area contributed by atoms with Crippen molar-refractivity contribution in [3.05, 3.63) is 18.1 Å². The highest BCUT2D eigenvalue weighted by atomic mass is 16.5. The molecule has 0 amide bonds. The fourth-order valence-electron chi connectivity index (χ4n) is 2.26. The van der Waals surface area contributed by atoms with Gasteiger partial charge in [0.25, 0.3) is 0 Å². The maximum atomic E-state index is 7.23. The lowest BCUT2D eigenvalue weighted by atomic mass is 10.0. The average molecular weight is 248 g/mol. The molecule has 18 heavy (non-hydrogen) atoms. The van der Waals surface area contributed by atoms with Crippen LogP contribution < -0.4 is 10.5 Å². The van der Waals surface area contributed by atoms with Gasteiger partial charge in [-0.1, -0.05) is 25.7 Å². The second kappa shape index (κ2) is 6.33. The zero-order valence-electron chi connectivity index (χ0n) is 10.6. The standard InChI is InChI=1S/C13H20N4O/c14-13(15)11-7-17-12(8-16-11)18-9-10-5-3-1-2-4-6-10/h7-8,10H,1-6,9H2,(H3,14,15). The third-order valence-corrected chi connectivity index (χ3v) is 3.35. The molecular formula is C13H20N4O. The summed E-state index contributed by atoms with van der Waals surface area (Å²) in [4.78, 5) is 8.13. The molecule has 5 nitrogen and oxygen atoms in total. The molecule has 1 fully saturated rings. The van der Waals surface area contributed by atoms with E-state index in [9.17, 15) is 0 Å². The van der Waals surface area contributed by atoms with Crippen LogP contribution in [0.3, 0.4) is 0 Å². The topological polar surface area (TPSA) is 84.9 Å². The Morgan fingerprint density at radius 2 is 1.94 bits per heavy atom. The number of hydrogen-bond acceptors (Lipinski definition) is 4. The lowest BCUT2D eigenvalue weighted by Crippen LogP contribution is -2.15. The highest BCUT2D eigenvalue weighted by molar-refractivity contribution is 5.92. The van der Waals surface area contributed by atoms with E-state index in [2.05, 4.69) is 9.97 Å². The summed E-state index contributed by atoms with van der Waals surface area (Å²) in [6.45, 7) is 0.716. The van der Waals surface area contributed by atoms with Crippen molar-refractivity contribution in [2.24, 2.45) is 11.7 Å². The van der Waals surface area contributed by atoms with Crippen LogP contribution in [0.4, 0.5) is 0 Å². The minimum atomic E-state index is -0.0715. The second-order valence-electron chi connectivity index (χ2n) is 4.82. The smallest absolute Gasteiger partial charge is 0.232 e. The average Bonchev–Trinajstić information content (AvgIpc) is 2.65. The predicted octanol–water partition coefficient (Wildman–Crippen LogP) is 2.11. The minimum Gasteiger partial charge on any atom is -0.476 e.